The molecule has 27 heavy (non-hydrogen) atoms. The van der Waals surface area contributed by atoms with Gasteiger partial charge in [0.25, 0.3) is 5.91 Å². The van der Waals surface area contributed by atoms with E-state index in [1.807, 2.05) is 12.1 Å². The normalized spacial score (nSPS) is 23.0. The van der Waals surface area contributed by atoms with E-state index in [0.717, 1.165) is 31.2 Å². The number of amides is 2. The van der Waals surface area contributed by atoms with Gasteiger partial charge in [0.2, 0.25) is 5.91 Å². The fourth-order valence-corrected chi connectivity index (χ4v) is 4.05. The highest BCUT2D eigenvalue weighted by atomic mass is 16.4. The highest BCUT2D eigenvalue weighted by molar-refractivity contribution is 5.94. The molecule has 2 fully saturated rings. The molecule has 0 saturated heterocycles. The van der Waals surface area contributed by atoms with Crippen LogP contribution in [-0.4, -0.2) is 28.9 Å². The highest BCUT2D eigenvalue weighted by Crippen LogP contribution is 2.25. The van der Waals surface area contributed by atoms with Crippen molar-refractivity contribution in [3.05, 3.63) is 35.4 Å². The van der Waals surface area contributed by atoms with Gasteiger partial charge < -0.3 is 15.7 Å². The lowest BCUT2D eigenvalue weighted by atomic mass is 9.86. The molecule has 2 aliphatic carbocycles. The molecule has 1 aromatic carbocycles. The average molecular weight is 372 g/mol. The first-order valence-corrected chi connectivity index (χ1v) is 9.93. The minimum Gasteiger partial charge on any atom is -0.481 e. The van der Waals surface area contributed by atoms with Gasteiger partial charge in [-0.05, 0) is 56.2 Å². The summed E-state index contributed by atoms with van der Waals surface area (Å²) >= 11 is 0. The van der Waals surface area contributed by atoms with Crippen LogP contribution in [0, 0.1) is 11.8 Å². The number of nitrogens with one attached hydrogen (secondary N) is 2. The van der Waals surface area contributed by atoms with Crippen LogP contribution in [0.2, 0.25) is 0 Å². The third kappa shape index (κ3) is 5.31. The molecule has 3 N–H and O–H groups in total. The molecule has 146 valence electrons. The van der Waals surface area contributed by atoms with Crippen molar-refractivity contribution in [2.24, 2.45) is 11.8 Å². The molecule has 2 aliphatic rings. The fraction of sp³-hybridized carbons (Fsp3) is 0.571. The van der Waals surface area contributed by atoms with Crippen LogP contribution in [0.1, 0.15) is 67.3 Å². The van der Waals surface area contributed by atoms with Crippen molar-refractivity contribution in [3.8, 4) is 0 Å². The van der Waals surface area contributed by atoms with Crippen molar-refractivity contribution in [1.82, 2.24) is 10.6 Å². The zero-order valence-electron chi connectivity index (χ0n) is 15.6. The van der Waals surface area contributed by atoms with E-state index < -0.39 is 5.97 Å². The summed E-state index contributed by atoms with van der Waals surface area (Å²) in [6.45, 7) is 0.483. The molecule has 0 unspecified atom stereocenters. The van der Waals surface area contributed by atoms with Crippen LogP contribution in [0.15, 0.2) is 24.3 Å². The molecule has 2 saturated carbocycles. The molecule has 1 aromatic rings. The largest absolute Gasteiger partial charge is 0.481 e. The van der Waals surface area contributed by atoms with E-state index in [1.54, 1.807) is 12.1 Å². The number of rotatable bonds is 6. The van der Waals surface area contributed by atoms with Gasteiger partial charge in [0, 0.05) is 24.1 Å². The zero-order chi connectivity index (χ0) is 19.2. The second-order valence-electron chi connectivity index (χ2n) is 7.76. The van der Waals surface area contributed by atoms with Crippen LogP contribution < -0.4 is 10.6 Å². The fourth-order valence-electron chi connectivity index (χ4n) is 4.05. The molecular formula is C21H28N2O4. The van der Waals surface area contributed by atoms with Crippen molar-refractivity contribution in [3.63, 3.8) is 0 Å². The Labute approximate surface area is 159 Å². The molecule has 0 heterocycles. The van der Waals surface area contributed by atoms with Gasteiger partial charge in [-0.1, -0.05) is 25.0 Å². The molecule has 0 atom stereocenters. The summed E-state index contributed by atoms with van der Waals surface area (Å²) in [4.78, 5) is 35.4. The predicted octanol–water partition coefficient (Wildman–Crippen LogP) is 2.87. The second kappa shape index (κ2) is 9.02. The number of carboxylic acid groups (broad SMARTS) is 1. The Morgan fingerprint density at radius 1 is 0.889 bits per heavy atom. The Balaban J connectivity index is 1.44. The number of carbonyl (C=O) groups is 3. The lowest BCUT2D eigenvalue weighted by molar-refractivity contribution is -0.142. The molecule has 6 nitrogen and oxygen atoms in total. The first-order chi connectivity index (χ1) is 13.0. The minimum atomic E-state index is -0.740. The van der Waals surface area contributed by atoms with E-state index in [-0.39, 0.29) is 29.7 Å². The summed E-state index contributed by atoms with van der Waals surface area (Å²) < 4.78 is 0. The third-order valence-electron chi connectivity index (χ3n) is 5.82. The minimum absolute atomic E-state index is 0.0403. The van der Waals surface area contributed by atoms with Crippen LogP contribution in [-0.2, 0) is 16.1 Å². The first kappa shape index (κ1) is 19.4. The van der Waals surface area contributed by atoms with E-state index in [0.29, 0.717) is 37.8 Å². The molecule has 6 heteroatoms. The smallest absolute Gasteiger partial charge is 0.306 e. The highest BCUT2D eigenvalue weighted by Gasteiger charge is 2.27. The van der Waals surface area contributed by atoms with Gasteiger partial charge in [-0.15, -0.1) is 0 Å². The van der Waals surface area contributed by atoms with Crippen LogP contribution in [0.3, 0.4) is 0 Å². The topological polar surface area (TPSA) is 95.5 Å². The molecule has 0 radical (unpaired) electrons. The quantitative estimate of drug-likeness (QED) is 0.715. The Bertz CT molecular complexity index is 672. The molecule has 0 aromatic heterocycles. The summed E-state index contributed by atoms with van der Waals surface area (Å²) in [5.74, 6) is -0.861. The van der Waals surface area contributed by atoms with Crippen molar-refractivity contribution < 1.29 is 19.5 Å². The zero-order valence-corrected chi connectivity index (χ0v) is 15.6. The van der Waals surface area contributed by atoms with Gasteiger partial charge in [-0.2, -0.15) is 0 Å². The van der Waals surface area contributed by atoms with Gasteiger partial charge in [-0.25, -0.2) is 0 Å². The van der Waals surface area contributed by atoms with E-state index in [2.05, 4.69) is 10.6 Å². The standard InChI is InChI=1S/C21H28N2O4/c24-19(15-3-1-2-4-15)22-13-14-5-7-16(8-6-14)20(25)23-18-11-9-17(10-12-18)21(26)27/h5-8,15,17-18H,1-4,9-13H2,(H,22,24)(H,23,25)(H,26,27). The van der Waals surface area contributed by atoms with Crippen LogP contribution in [0.4, 0.5) is 0 Å². The Hall–Kier alpha value is -2.37. The maximum Gasteiger partial charge on any atom is 0.306 e. The summed E-state index contributed by atoms with van der Waals surface area (Å²) in [5.41, 5.74) is 1.56. The average Bonchev–Trinajstić information content (AvgIpc) is 3.22. The monoisotopic (exact) mass is 372 g/mol. The lowest BCUT2D eigenvalue weighted by Gasteiger charge is -2.26. The lowest BCUT2D eigenvalue weighted by Crippen LogP contribution is -2.38. The number of hydrogen-bond donors (Lipinski definition) is 3. The van der Waals surface area contributed by atoms with Crippen LogP contribution in [0.25, 0.3) is 0 Å². The van der Waals surface area contributed by atoms with E-state index in [1.165, 1.54) is 0 Å². The number of carboxylic acids is 1. The number of carbonyl (C=O) groups excluding carboxylic acids is 2. The summed E-state index contributed by atoms with van der Waals surface area (Å²) in [6.07, 6.45) is 6.88. The molecule has 0 aliphatic heterocycles. The van der Waals surface area contributed by atoms with Crippen molar-refractivity contribution in [2.45, 2.75) is 64.0 Å². The summed E-state index contributed by atoms with van der Waals surface area (Å²) in [5, 5.41) is 15.0. The third-order valence-corrected chi connectivity index (χ3v) is 5.82. The Morgan fingerprint density at radius 2 is 1.52 bits per heavy atom. The van der Waals surface area contributed by atoms with Crippen LogP contribution in [0.5, 0.6) is 0 Å². The van der Waals surface area contributed by atoms with E-state index in [9.17, 15) is 14.4 Å². The first-order valence-electron chi connectivity index (χ1n) is 9.93. The molecule has 3 rings (SSSR count). The summed E-state index contributed by atoms with van der Waals surface area (Å²) in [7, 11) is 0. The van der Waals surface area contributed by atoms with Gasteiger partial charge in [-0.3, -0.25) is 14.4 Å². The van der Waals surface area contributed by atoms with E-state index in [4.69, 9.17) is 5.11 Å². The predicted molar refractivity (Wildman–Crippen MR) is 101 cm³/mol. The summed E-state index contributed by atoms with van der Waals surface area (Å²) in [6, 6.07) is 7.32. The van der Waals surface area contributed by atoms with Crippen LogP contribution >= 0.6 is 0 Å². The molecule has 2 amide bonds. The van der Waals surface area contributed by atoms with Crippen molar-refractivity contribution >= 4 is 17.8 Å². The van der Waals surface area contributed by atoms with Crippen molar-refractivity contribution in [2.75, 3.05) is 0 Å². The second-order valence-corrected chi connectivity index (χ2v) is 7.76. The van der Waals surface area contributed by atoms with Gasteiger partial charge in [0.1, 0.15) is 0 Å². The SMILES string of the molecule is O=C(NC1CCC(C(=O)O)CC1)c1ccc(CNC(=O)C2CCCC2)cc1. The van der Waals surface area contributed by atoms with Crippen molar-refractivity contribution in [1.29, 1.82) is 0 Å². The Kier molecular flexibility index (Phi) is 6.48. The molecule has 0 bridgehead atoms. The van der Waals surface area contributed by atoms with Gasteiger partial charge >= 0.3 is 5.97 Å². The number of benzene rings is 1. The molecule has 0 spiro atoms. The number of aliphatic carboxylic acids is 1. The van der Waals surface area contributed by atoms with Gasteiger partial charge in [0.15, 0.2) is 0 Å². The van der Waals surface area contributed by atoms with Gasteiger partial charge in [0.05, 0.1) is 5.92 Å². The number of hydrogen-bond acceptors (Lipinski definition) is 3. The maximum absolute atomic E-state index is 12.4. The Morgan fingerprint density at radius 3 is 2.11 bits per heavy atom. The van der Waals surface area contributed by atoms with E-state index >= 15 is 0 Å². The maximum atomic E-state index is 12.4. The molecular weight excluding hydrogens is 344 g/mol.